The molecule has 3 fully saturated rings. The Kier molecular flexibility index (Phi) is 4.70. The number of hydrogen-bond acceptors (Lipinski definition) is 4. The van der Waals surface area contributed by atoms with E-state index in [1.165, 1.54) is 11.1 Å². The summed E-state index contributed by atoms with van der Waals surface area (Å²) in [7, 11) is 0. The van der Waals surface area contributed by atoms with E-state index in [9.17, 15) is 14.4 Å². The Labute approximate surface area is 168 Å². The van der Waals surface area contributed by atoms with E-state index < -0.39 is 5.91 Å². The van der Waals surface area contributed by atoms with Crippen LogP contribution in [0, 0.1) is 30.6 Å². The van der Waals surface area contributed by atoms with E-state index in [4.69, 9.17) is 16.3 Å². The standard InChI is InChI=1S/C21H23ClN2O4/c1-10(2)17-13-5-6-14(17)19-18(13)20(26)24(21(19)27)23-16(25)9-28-12-4-7-15(22)11(3)8-12/h4,7-8,13-14,18-19H,5-6,9H2,1-3H3,(H,23,25)/t13-,14-,18-,19+/m0/s1. The molecule has 1 aromatic carbocycles. The Morgan fingerprint density at radius 3 is 2.32 bits per heavy atom. The molecule has 1 aliphatic heterocycles. The zero-order valence-electron chi connectivity index (χ0n) is 16.1. The van der Waals surface area contributed by atoms with Crippen LogP contribution >= 0.6 is 11.6 Å². The lowest BCUT2D eigenvalue weighted by molar-refractivity contribution is -0.150. The molecule has 0 radical (unpaired) electrons. The van der Waals surface area contributed by atoms with Gasteiger partial charge in [-0.1, -0.05) is 22.7 Å². The first-order valence-corrected chi connectivity index (χ1v) is 9.91. The number of aryl methyl sites for hydroxylation is 1. The fourth-order valence-electron chi connectivity index (χ4n) is 5.11. The lowest BCUT2D eigenvalue weighted by atomic mass is 9.81. The summed E-state index contributed by atoms with van der Waals surface area (Å²) in [5.41, 5.74) is 5.77. The summed E-state index contributed by atoms with van der Waals surface area (Å²) >= 11 is 5.97. The first kappa shape index (κ1) is 19.0. The summed E-state index contributed by atoms with van der Waals surface area (Å²) < 4.78 is 5.45. The second-order valence-corrected chi connectivity index (χ2v) is 8.45. The van der Waals surface area contributed by atoms with Crippen LogP contribution in [-0.4, -0.2) is 29.3 Å². The molecule has 4 rings (SSSR count). The number of halogens is 1. The minimum absolute atomic E-state index is 0.131. The van der Waals surface area contributed by atoms with Crippen LogP contribution in [0.2, 0.25) is 5.02 Å². The fourth-order valence-corrected chi connectivity index (χ4v) is 5.23. The molecule has 2 bridgehead atoms. The van der Waals surface area contributed by atoms with E-state index in [-0.39, 0.29) is 42.1 Å². The Morgan fingerprint density at radius 1 is 1.18 bits per heavy atom. The number of hydrazine groups is 1. The average Bonchev–Trinajstić information content (AvgIpc) is 3.28. The Morgan fingerprint density at radius 2 is 1.79 bits per heavy atom. The van der Waals surface area contributed by atoms with Crippen molar-refractivity contribution in [3.05, 3.63) is 39.9 Å². The maximum atomic E-state index is 12.9. The number of fused-ring (bicyclic) bond motifs is 5. The van der Waals surface area contributed by atoms with E-state index >= 15 is 0 Å². The molecule has 2 saturated carbocycles. The predicted molar refractivity (Wildman–Crippen MR) is 103 cm³/mol. The molecule has 2 aliphatic carbocycles. The monoisotopic (exact) mass is 402 g/mol. The van der Waals surface area contributed by atoms with Gasteiger partial charge in [0.15, 0.2) is 6.61 Å². The number of nitrogens with zero attached hydrogens (tertiary/aromatic N) is 1. The minimum atomic E-state index is -0.538. The molecule has 1 aromatic rings. The molecule has 6 nitrogen and oxygen atoms in total. The minimum Gasteiger partial charge on any atom is -0.484 e. The van der Waals surface area contributed by atoms with Gasteiger partial charge in [-0.3, -0.25) is 19.8 Å². The Bertz CT molecular complexity index is 874. The average molecular weight is 403 g/mol. The van der Waals surface area contributed by atoms with Crippen molar-refractivity contribution in [1.82, 2.24) is 10.4 Å². The van der Waals surface area contributed by atoms with Crippen LogP contribution in [0.3, 0.4) is 0 Å². The summed E-state index contributed by atoms with van der Waals surface area (Å²) in [4.78, 5) is 38.0. The highest BCUT2D eigenvalue weighted by Crippen LogP contribution is 2.59. The third kappa shape index (κ3) is 2.91. The molecule has 4 atom stereocenters. The number of rotatable bonds is 4. The van der Waals surface area contributed by atoms with Crippen molar-refractivity contribution < 1.29 is 19.1 Å². The molecule has 3 amide bonds. The van der Waals surface area contributed by atoms with E-state index in [0.29, 0.717) is 10.8 Å². The van der Waals surface area contributed by atoms with Gasteiger partial charge in [0.2, 0.25) is 0 Å². The van der Waals surface area contributed by atoms with Crippen molar-refractivity contribution >= 4 is 29.3 Å². The number of hydrogen-bond donors (Lipinski definition) is 1. The zero-order valence-corrected chi connectivity index (χ0v) is 16.9. The number of allylic oxidation sites excluding steroid dienone is 2. The third-order valence-corrected chi connectivity index (χ3v) is 6.59. The zero-order chi connectivity index (χ0) is 20.2. The summed E-state index contributed by atoms with van der Waals surface area (Å²) in [6.07, 6.45) is 1.87. The van der Waals surface area contributed by atoms with Gasteiger partial charge < -0.3 is 4.74 Å². The van der Waals surface area contributed by atoms with Gasteiger partial charge in [0, 0.05) is 5.02 Å². The summed E-state index contributed by atoms with van der Waals surface area (Å²) in [5, 5.41) is 1.53. The van der Waals surface area contributed by atoms with Crippen molar-refractivity contribution in [3.63, 3.8) is 0 Å². The van der Waals surface area contributed by atoms with Crippen LogP contribution in [-0.2, 0) is 14.4 Å². The summed E-state index contributed by atoms with van der Waals surface area (Å²) in [5.74, 6) is -1.04. The molecule has 3 aliphatic rings. The van der Waals surface area contributed by atoms with Crippen molar-refractivity contribution in [2.24, 2.45) is 23.7 Å². The molecule has 1 N–H and O–H groups in total. The number of carbonyl (C=O) groups is 3. The Hall–Kier alpha value is -2.34. The van der Waals surface area contributed by atoms with Gasteiger partial charge in [-0.05, 0) is 69.2 Å². The number of amides is 3. The molecule has 0 spiro atoms. The molecule has 0 unspecified atom stereocenters. The van der Waals surface area contributed by atoms with Gasteiger partial charge in [0.05, 0.1) is 11.8 Å². The third-order valence-electron chi connectivity index (χ3n) is 6.17. The number of nitrogens with one attached hydrogen (secondary N) is 1. The SMILES string of the molecule is CC(C)=C1[C@@H]2CC[C@@H]1[C@H]1C(=O)N(NC(=O)COc3ccc(Cl)c(C)c3)C(=O)[C@H]12. The summed E-state index contributed by atoms with van der Waals surface area (Å²) in [6.45, 7) is 5.64. The van der Waals surface area contributed by atoms with Crippen LogP contribution in [0.5, 0.6) is 5.75 Å². The lowest BCUT2D eigenvalue weighted by Crippen LogP contribution is -2.49. The van der Waals surface area contributed by atoms with Crippen LogP contribution < -0.4 is 10.2 Å². The highest BCUT2D eigenvalue weighted by atomic mass is 35.5. The van der Waals surface area contributed by atoms with Crippen molar-refractivity contribution in [2.45, 2.75) is 33.6 Å². The molecule has 1 saturated heterocycles. The van der Waals surface area contributed by atoms with Crippen LogP contribution in [0.25, 0.3) is 0 Å². The van der Waals surface area contributed by atoms with Crippen LogP contribution in [0.4, 0.5) is 0 Å². The van der Waals surface area contributed by atoms with Crippen molar-refractivity contribution in [2.75, 3.05) is 6.61 Å². The summed E-state index contributed by atoms with van der Waals surface area (Å²) in [6, 6.07) is 5.08. The number of ether oxygens (including phenoxy) is 1. The van der Waals surface area contributed by atoms with Crippen molar-refractivity contribution in [3.8, 4) is 5.75 Å². The molecule has 28 heavy (non-hydrogen) atoms. The second-order valence-electron chi connectivity index (χ2n) is 8.04. The quantitative estimate of drug-likeness (QED) is 0.620. The predicted octanol–water partition coefficient (Wildman–Crippen LogP) is 3.04. The fraction of sp³-hybridized carbons (Fsp3) is 0.476. The van der Waals surface area contributed by atoms with Crippen molar-refractivity contribution in [1.29, 1.82) is 0 Å². The molecule has 0 aromatic heterocycles. The van der Waals surface area contributed by atoms with Gasteiger partial charge in [-0.25, -0.2) is 0 Å². The first-order chi connectivity index (χ1) is 13.3. The largest absolute Gasteiger partial charge is 0.484 e. The van der Waals surface area contributed by atoms with Gasteiger partial charge in [0.1, 0.15) is 5.75 Å². The van der Waals surface area contributed by atoms with Gasteiger partial charge in [-0.2, -0.15) is 5.01 Å². The number of carbonyl (C=O) groups excluding carboxylic acids is 3. The lowest BCUT2D eigenvalue weighted by Gasteiger charge is -2.19. The highest BCUT2D eigenvalue weighted by molar-refractivity contribution is 6.31. The topological polar surface area (TPSA) is 75.7 Å². The first-order valence-electron chi connectivity index (χ1n) is 9.53. The number of benzene rings is 1. The highest BCUT2D eigenvalue weighted by Gasteiger charge is 2.63. The van der Waals surface area contributed by atoms with Gasteiger partial charge in [-0.15, -0.1) is 0 Å². The molecule has 148 valence electrons. The van der Waals surface area contributed by atoms with E-state index in [1.807, 2.05) is 20.8 Å². The smallest absolute Gasteiger partial charge is 0.276 e. The van der Waals surface area contributed by atoms with Gasteiger partial charge in [0.25, 0.3) is 17.7 Å². The maximum Gasteiger partial charge on any atom is 0.276 e. The molecular formula is C21H23ClN2O4. The maximum absolute atomic E-state index is 12.9. The molecule has 1 heterocycles. The van der Waals surface area contributed by atoms with Crippen LogP contribution in [0.15, 0.2) is 29.3 Å². The van der Waals surface area contributed by atoms with Crippen LogP contribution in [0.1, 0.15) is 32.3 Å². The normalized spacial score (nSPS) is 28.0. The van der Waals surface area contributed by atoms with Gasteiger partial charge >= 0.3 is 0 Å². The molecular weight excluding hydrogens is 380 g/mol. The Balaban J connectivity index is 1.42. The molecule has 7 heteroatoms. The second kappa shape index (κ2) is 6.92. The van der Waals surface area contributed by atoms with E-state index in [1.54, 1.807) is 18.2 Å². The number of imide groups is 1. The van der Waals surface area contributed by atoms with E-state index in [0.717, 1.165) is 23.4 Å². The van der Waals surface area contributed by atoms with E-state index in [2.05, 4.69) is 5.43 Å².